The SMILES string of the molecule is NC(=O)C1CCN(C(=O)c2cc(F)c([N+](=O)[O-])cc2F)C1. The largest absolute Gasteiger partial charge is 0.369 e. The van der Waals surface area contributed by atoms with Crippen molar-refractivity contribution in [1.82, 2.24) is 4.90 Å². The third-order valence-electron chi connectivity index (χ3n) is 3.34. The molecular weight excluding hydrogens is 288 g/mol. The number of likely N-dealkylation sites (tertiary alicyclic amines) is 1. The van der Waals surface area contributed by atoms with Crippen molar-refractivity contribution in [2.45, 2.75) is 6.42 Å². The van der Waals surface area contributed by atoms with Crippen LogP contribution in [0.4, 0.5) is 14.5 Å². The van der Waals surface area contributed by atoms with E-state index in [0.717, 1.165) is 0 Å². The number of hydrogen-bond donors (Lipinski definition) is 1. The predicted molar refractivity (Wildman–Crippen MR) is 66.2 cm³/mol. The van der Waals surface area contributed by atoms with E-state index in [0.29, 0.717) is 18.6 Å². The molecule has 1 unspecified atom stereocenters. The number of carbonyl (C=O) groups excluding carboxylic acids is 2. The quantitative estimate of drug-likeness (QED) is 0.658. The van der Waals surface area contributed by atoms with E-state index in [1.165, 1.54) is 4.90 Å². The third kappa shape index (κ3) is 2.81. The fourth-order valence-electron chi connectivity index (χ4n) is 2.19. The summed E-state index contributed by atoms with van der Waals surface area (Å²) in [6.07, 6.45) is 0.345. The Morgan fingerprint density at radius 3 is 2.52 bits per heavy atom. The number of halogens is 2. The first-order valence-corrected chi connectivity index (χ1v) is 6.03. The number of carbonyl (C=O) groups is 2. The van der Waals surface area contributed by atoms with Crippen LogP contribution in [0.2, 0.25) is 0 Å². The Balaban J connectivity index is 2.27. The van der Waals surface area contributed by atoms with Gasteiger partial charge < -0.3 is 10.6 Å². The highest BCUT2D eigenvalue weighted by atomic mass is 19.1. The van der Waals surface area contributed by atoms with Crippen molar-refractivity contribution in [3.8, 4) is 0 Å². The number of nitro groups is 1. The zero-order valence-electron chi connectivity index (χ0n) is 10.7. The van der Waals surface area contributed by atoms with Gasteiger partial charge in [-0.05, 0) is 12.5 Å². The lowest BCUT2D eigenvalue weighted by atomic mass is 10.1. The van der Waals surface area contributed by atoms with Crippen LogP contribution < -0.4 is 5.73 Å². The molecule has 0 spiro atoms. The van der Waals surface area contributed by atoms with Crippen LogP contribution in [0.5, 0.6) is 0 Å². The van der Waals surface area contributed by atoms with Crippen molar-refractivity contribution >= 4 is 17.5 Å². The summed E-state index contributed by atoms with van der Waals surface area (Å²) in [6, 6.07) is 0.859. The van der Waals surface area contributed by atoms with Crippen LogP contribution in [0, 0.1) is 27.7 Å². The van der Waals surface area contributed by atoms with Crippen molar-refractivity contribution in [3.05, 3.63) is 39.4 Å². The van der Waals surface area contributed by atoms with Crippen LogP contribution in [0.3, 0.4) is 0 Å². The van der Waals surface area contributed by atoms with Crippen LogP contribution in [-0.4, -0.2) is 34.7 Å². The summed E-state index contributed by atoms with van der Waals surface area (Å²) in [7, 11) is 0. The van der Waals surface area contributed by atoms with E-state index in [1.54, 1.807) is 0 Å². The molecule has 1 fully saturated rings. The van der Waals surface area contributed by atoms with E-state index < -0.39 is 45.5 Å². The first-order chi connectivity index (χ1) is 9.81. The lowest BCUT2D eigenvalue weighted by Gasteiger charge is -2.16. The van der Waals surface area contributed by atoms with Gasteiger partial charge in [-0.3, -0.25) is 19.7 Å². The molecule has 2 N–H and O–H groups in total. The number of nitrogens with two attached hydrogens (primary N) is 1. The average molecular weight is 299 g/mol. The van der Waals surface area contributed by atoms with Gasteiger partial charge in [0.05, 0.1) is 22.5 Å². The van der Waals surface area contributed by atoms with E-state index in [-0.39, 0.29) is 13.1 Å². The molecule has 1 heterocycles. The van der Waals surface area contributed by atoms with Crippen molar-refractivity contribution in [2.75, 3.05) is 13.1 Å². The summed E-state index contributed by atoms with van der Waals surface area (Å²) >= 11 is 0. The van der Waals surface area contributed by atoms with Gasteiger partial charge in [-0.15, -0.1) is 0 Å². The second-order valence-electron chi connectivity index (χ2n) is 4.68. The number of benzene rings is 1. The van der Waals surface area contributed by atoms with E-state index >= 15 is 0 Å². The first-order valence-electron chi connectivity index (χ1n) is 6.03. The molecule has 2 amide bonds. The van der Waals surface area contributed by atoms with Gasteiger partial charge >= 0.3 is 5.69 Å². The van der Waals surface area contributed by atoms with Crippen molar-refractivity contribution in [2.24, 2.45) is 11.7 Å². The molecule has 0 aliphatic carbocycles. The third-order valence-corrected chi connectivity index (χ3v) is 3.34. The molecule has 1 aliphatic rings. The van der Waals surface area contributed by atoms with Crippen LogP contribution in [-0.2, 0) is 4.79 Å². The maximum absolute atomic E-state index is 13.7. The zero-order chi connectivity index (χ0) is 15.7. The smallest absolute Gasteiger partial charge is 0.307 e. The summed E-state index contributed by atoms with van der Waals surface area (Å²) < 4.78 is 27.2. The maximum Gasteiger partial charge on any atom is 0.307 e. The molecule has 1 atom stereocenters. The molecule has 0 saturated carbocycles. The minimum absolute atomic E-state index is 0.0201. The Morgan fingerprint density at radius 1 is 1.33 bits per heavy atom. The van der Waals surface area contributed by atoms with Gasteiger partial charge in [0.1, 0.15) is 5.82 Å². The van der Waals surface area contributed by atoms with Gasteiger partial charge in [0.2, 0.25) is 11.7 Å². The van der Waals surface area contributed by atoms with E-state index in [9.17, 15) is 28.5 Å². The minimum Gasteiger partial charge on any atom is -0.369 e. The van der Waals surface area contributed by atoms with Crippen LogP contribution in [0.15, 0.2) is 12.1 Å². The lowest BCUT2D eigenvalue weighted by molar-refractivity contribution is -0.387. The molecule has 1 saturated heterocycles. The number of hydrogen-bond acceptors (Lipinski definition) is 4. The van der Waals surface area contributed by atoms with Crippen LogP contribution in [0.25, 0.3) is 0 Å². The molecule has 21 heavy (non-hydrogen) atoms. The summed E-state index contributed by atoms with van der Waals surface area (Å²) in [4.78, 5) is 33.7. The van der Waals surface area contributed by atoms with Gasteiger partial charge in [0.15, 0.2) is 0 Å². The second kappa shape index (κ2) is 5.43. The van der Waals surface area contributed by atoms with Gasteiger partial charge in [0.25, 0.3) is 5.91 Å². The molecule has 0 aromatic heterocycles. The first kappa shape index (κ1) is 14.8. The van der Waals surface area contributed by atoms with Crippen molar-refractivity contribution < 1.29 is 23.3 Å². The Labute approximate surface area is 117 Å². The zero-order valence-corrected chi connectivity index (χ0v) is 10.7. The molecule has 1 aromatic rings. The van der Waals surface area contributed by atoms with Gasteiger partial charge in [-0.2, -0.15) is 4.39 Å². The van der Waals surface area contributed by atoms with Gasteiger partial charge in [-0.25, -0.2) is 4.39 Å². The van der Waals surface area contributed by atoms with Crippen LogP contribution in [0.1, 0.15) is 16.8 Å². The lowest BCUT2D eigenvalue weighted by Crippen LogP contribution is -2.32. The summed E-state index contributed by atoms with van der Waals surface area (Å²) in [5, 5.41) is 10.5. The second-order valence-corrected chi connectivity index (χ2v) is 4.68. The summed E-state index contributed by atoms with van der Waals surface area (Å²) in [6.45, 7) is 0.205. The highest BCUT2D eigenvalue weighted by Gasteiger charge is 2.32. The molecule has 1 aliphatic heterocycles. The maximum atomic E-state index is 13.7. The number of nitrogens with zero attached hydrogens (tertiary/aromatic N) is 2. The number of rotatable bonds is 3. The standard InChI is InChI=1S/C12H11F2N3O4/c13-8-4-10(17(20)21)9(14)3-7(8)12(19)16-2-1-6(5-16)11(15)18/h3-4,6H,1-2,5H2,(H2,15,18). The predicted octanol–water partition coefficient (Wildman–Crippen LogP) is 0.820. The molecule has 2 rings (SSSR count). The minimum atomic E-state index is -1.30. The summed E-state index contributed by atoms with van der Waals surface area (Å²) in [5.74, 6) is -4.41. The Hall–Kier alpha value is -2.58. The average Bonchev–Trinajstić information content (AvgIpc) is 2.89. The molecule has 0 bridgehead atoms. The van der Waals surface area contributed by atoms with E-state index in [1.807, 2.05) is 0 Å². The molecule has 1 aromatic carbocycles. The summed E-state index contributed by atoms with van der Waals surface area (Å²) in [5.41, 5.74) is 3.47. The Kier molecular flexibility index (Phi) is 3.83. The highest BCUT2D eigenvalue weighted by molar-refractivity contribution is 5.95. The topological polar surface area (TPSA) is 107 Å². The molecule has 0 radical (unpaired) electrons. The highest BCUT2D eigenvalue weighted by Crippen LogP contribution is 2.24. The van der Waals surface area contributed by atoms with E-state index in [2.05, 4.69) is 0 Å². The Morgan fingerprint density at radius 2 is 2.00 bits per heavy atom. The molecular formula is C12H11F2N3O4. The number of amides is 2. The molecule has 7 nitrogen and oxygen atoms in total. The van der Waals surface area contributed by atoms with Crippen LogP contribution >= 0.6 is 0 Å². The number of primary amides is 1. The normalized spacial score (nSPS) is 17.8. The van der Waals surface area contributed by atoms with E-state index in [4.69, 9.17) is 5.73 Å². The monoisotopic (exact) mass is 299 g/mol. The fourth-order valence-corrected chi connectivity index (χ4v) is 2.19. The Bertz CT molecular complexity index is 635. The van der Waals surface area contributed by atoms with Gasteiger partial charge in [0, 0.05) is 13.1 Å². The van der Waals surface area contributed by atoms with Crippen molar-refractivity contribution in [3.63, 3.8) is 0 Å². The molecule has 9 heteroatoms. The number of nitro benzene ring substituents is 1. The molecule has 112 valence electrons. The fraction of sp³-hybridized carbons (Fsp3) is 0.333. The van der Waals surface area contributed by atoms with Gasteiger partial charge in [-0.1, -0.05) is 0 Å². The van der Waals surface area contributed by atoms with Crippen molar-refractivity contribution in [1.29, 1.82) is 0 Å².